The van der Waals surface area contributed by atoms with Gasteiger partial charge in [0.15, 0.2) is 24.1 Å². The van der Waals surface area contributed by atoms with Crippen LogP contribution in [0.15, 0.2) is 16.3 Å². The molecule has 31 heavy (non-hydrogen) atoms. The number of aliphatic hydroxyl groups is 1. The number of aliphatic hydroxyl groups excluding tert-OH is 1. The quantitative estimate of drug-likeness (QED) is 0.469. The van der Waals surface area contributed by atoms with Crippen LogP contribution in [0.2, 0.25) is 0 Å². The van der Waals surface area contributed by atoms with Crippen LogP contribution in [0.1, 0.15) is 29.6 Å². The number of aryl methyl sites for hydroxylation is 1. The number of alkyl halides is 2. The Morgan fingerprint density at radius 3 is 2.87 bits per heavy atom. The average Bonchev–Trinajstić information content (AvgIpc) is 3.38. The van der Waals surface area contributed by atoms with Crippen LogP contribution < -0.4 is 5.32 Å². The third kappa shape index (κ3) is 4.79. The zero-order chi connectivity index (χ0) is 21.8. The first kappa shape index (κ1) is 21.5. The summed E-state index contributed by atoms with van der Waals surface area (Å²) in [6.45, 7) is 3.76. The topological polar surface area (TPSA) is 107 Å². The molecule has 0 spiro atoms. The van der Waals surface area contributed by atoms with Gasteiger partial charge in [0.1, 0.15) is 11.4 Å². The fraction of sp³-hybridized carbons (Fsp3) is 0.632. The fourth-order valence-electron chi connectivity index (χ4n) is 3.77. The number of amides is 1. The largest absolute Gasteiger partial charge is 0.396 e. The Balaban J connectivity index is 1.49. The van der Waals surface area contributed by atoms with Crippen molar-refractivity contribution in [2.45, 2.75) is 38.3 Å². The van der Waals surface area contributed by atoms with Gasteiger partial charge in [-0.1, -0.05) is 4.68 Å². The van der Waals surface area contributed by atoms with E-state index in [-0.39, 0.29) is 12.2 Å². The van der Waals surface area contributed by atoms with Crippen molar-refractivity contribution in [3.05, 3.63) is 11.8 Å². The molecule has 0 saturated carbocycles. The van der Waals surface area contributed by atoms with Gasteiger partial charge in [0.25, 0.3) is 12.3 Å². The summed E-state index contributed by atoms with van der Waals surface area (Å²) in [6.07, 6.45) is 1.95. The van der Waals surface area contributed by atoms with Gasteiger partial charge in [0.05, 0.1) is 26.0 Å². The molecule has 1 atom stereocenters. The summed E-state index contributed by atoms with van der Waals surface area (Å²) < 4.78 is 35.3. The smallest absolute Gasteiger partial charge is 0.285 e. The lowest BCUT2D eigenvalue weighted by Crippen LogP contribution is -2.43. The van der Waals surface area contributed by atoms with E-state index in [1.807, 2.05) is 0 Å². The Bertz CT molecular complexity index is 906. The summed E-state index contributed by atoms with van der Waals surface area (Å²) in [5.41, 5.74) is -0.165. The minimum atomic E-state index is -2.79. The van der Waals surface area contributed by atoms with E-state index < -0.39 is 24.1 Å². The van der Waals surface area contributed by atoms with E-state index in [2.05, 4.69) is 25.4 Å². The Hall–Kier alpha value is -2.73. The second-order valence-electron chi connectivity index (χ2n) is 7.50. The van der Waals surface area contributed by atoms with E-state index in [1.165, 1.54) is 17.1 Å². The fourth-order valence-corrected chi connectivity index (χ4v) is 3.77. The molecule has 3 aliphatic heterocycles. The third-order valence-electron chi connectivity index (χ3n) is 5.40. The number of amidine groups is 1. The summed E-state index contributed by atoms with van der Waals surface area (Å²) in [7, 11) is 0. The molecule has 0 radical (unpaired) electrons. The van der Waals surface area contributed by atoms with Gasteiger partial charge in [-0.15, -0.1) is 0 Å². The Morgan fingerprint density at radius 1 is 1.32 bits per heavy atom. The summed E-state index contributed by atoms with van der Waals surface area (Å²) in [5.74, 6) is 0.779. The lowest BCUT2D eigenvalue weighted by molar-refractivity contribution is -0.527. The molecule has 1 aromatic heterocycles. The summed E-state index contributed by atoms with van der Waals surface area (Å²) >= 11 is 0. The van der Waals surface area contributed by atoms with Gasteiger partial charge in [0.2, 0.25) is 6.21 Å². The van der Waals surface area contributed by atoms with Crippen LogP contribution in [0.3, 0.4) is 0 Å². The van der Waals surface area contributed by atoms with Crippen molar-refractivity contribution in [2.75, 3.05) is 39.5 Å². The molecule has 2 N–H and O–H groups in total. The second kappa shape index (κ2) is 9.60. The SMILES string of the molecule is O=C(NC1C=[N+](CCCCO)N=C1C(F)F)c1cnn2c1N=C(N1CCOCC1)CC2. The van der Waals surface area contributed by atoms with Crippen molar-refractivity contribution in [2.24, 2.45) is 10.1 Å². The molecule has 4 rings (SSSR count). The number of nitrogens with one attached hydrogen (secondary N) is 1. The molecule has 1 unspecified atom stereocenters. The van der Waals surface area contributed by atoms with Crippen molar-refractivity contribution in [3.8, 4) is 0 Å². The highest BCUT2D eigenvalue weighted by Crippen LogP contribution is 2.25. The maximum absolute atomic E-state index is 13.5. The standard InChI is InChI=1S/C19H25F2N7O3/c20-17(21)16-14(12-27(25-16)4-1-2-8-29)23-19(30)13-11-22-28-5-3-15(24-18(13)28)26-6-9-31-10-7-26/h11-12,14,17,29H,1-10H2/p+1. The molecule has 1 fully saturated rings. The Labute approximate surface area is 177 Å². The normalized spacial score (nSPS) is 21.0. The monoisotopic (exact) mass is 438 g/mol. The number of aromatic nitrogens is 2. The highest BCUT2D eigenvalue weighted by Gasteiger charge is 2.36. The van der Waals surface area contributed by atoms with Gasteiger partial charge in [-0.05, 0) is 11.5 Å². The van der Waals surface area contributed by atoms with Crippen LogP contribution in [-0.2, 0) is 11.3 Å². The first-order valence-electron chi connectivity index (χ1n) is 10.4. The number of morpholine rings is 1. The molecular weight excluding hydrogens is 412 g/mol. The van der Waals surface area contributed by atoms with Crippen LogP contribution in [0.5, 0.6) is 0 Å². The highest BCUT2D eigenvalue weighted by atomic mass is 19.3. The van der Waals surface area contributed by atoms with Crippen LogP contribution >= 0.6 is 0 Å². The molecule has 168 valence electrons. The molecule has 10 nitrogen and oxygen atoms in total. The maximum Gasteiger partial charge on any atom is 0.285 e. The Kier molecular flexibility index (Phi) is 6.66. The molecule has 1 aromatic rings. The number of aliphatic imine (C=N–C) groups is 1. The van der Waals surface area contributed by atoms with Crippen molar-refractivity contribution < 1.29 is 28.1 Å². The molecule has 4 heterocycles. The highest BCUT2D eigenvalue weighted by molar-refractivity contribution is 6.10. The van der Waals surface area contributed by atoms with Gasteiger partial charge in [0, 0.05) is 32.5 Å². The van der Waals surface area contributed by atoms with Crippen LogP contribution in [-0.4, -0.2) is 100 Å². The van der Waals surface area contributed by atoms with Gasteiger partial charge in [-0.2, -0.15) is 5.10 Å². The molecule has 3 aliphatic rings. The molecular formula is C19H26F2N7O3+. The first-order chi connectivity index (χ1) is 15.1. The minimum absolute atomic E-state index is 0.0269. The number of hydrazone groups is 1. The molecule has 0 aromatic carbocycles. The number of hydrogen-bond donors (Lipinski definition) is 2. The molecule has 0 bridgehead atoms. The van der Waals surface area contributed by atoms with Crippen molar-refractivity contribution in [1.82, 2.24) is 20.0 Å². The predicted molar refractivity (Wildman–Crippen MR) is 109 cm³/mol. The lowest BCUT2D eigenvalue weighted by atomic mass is 10.2. The number of carbonyl (C=O) groups excluding carboxylic acids is 1. The van der Waals surface area contributed by atoms with E-state index in [0.717, 1.165) is 18.9 Å². The molecule has 12 heteroatoms. The molecule has 1 amide bonds. The van der Waals surface area contributed by atoms with E-state index in [0.29, 0.717) is 51.4 Å². The van der Waals surface area contributed by atoms with Crippen LogP contribution in [0.25, 0.3) is 0 Å². The predicted octanol–water partition coefficient (Wildman–Crippen LogP) is 0.238. The zero-order valence-corrected chi connectivity index (χ0v) is 17.1. The summed E-state index contributed by atoms with van der Waals surface area (Å²) in [5, 5.41) is 19.7. The number of fused-ring (bicyclic) bond motifs is 1. The number of nitrogens with zero attached hydrogens (tertiary/aromatic N) is 6. The number of unbranched alkanes of at least 4 members (excludes halogenated alkanes) is 1. The van der Waals surface area contributed by atoms with E-state index >= 15 is 0 Å². The number of halogens is 2. The number of rotatable bonds is 7. The molecule has 1 saturated heterocycles. The van der Waals surface area contributed by atoms with Gasteiger partial charge >= 0.3 is 0 Å². The Morgan fingerprint density at radius 2 is 2.13 bits per heavy atom. The third-order valence-corrected chi connectivity index (χ3v) is 5.40. The van der Waals surface area contributed by atoms with Crippen LogP contribution in [0, 0.1) is 0 Å². The van der Waals surface area contributed by atoms with Crippen molar-refractivity contribution >= 4 is 29.5 Å². The van der Waals surface area contributed by atoms with E-state index in [4.69, 9.17) is 9.84 Å². The van der Waals surface area contributed by atoms with E-state index in [9.17, 15) is 13.6 Å². The summed E-state index contributed by atoms with van der Waals surface area (Å²) in [4.78, 5) is 19.7. The van der Waals surface area contributed by atoms with Gasteiger partial charge in [-0.25, -0.2) is 18.5 Å². The van der Waals surface area contributed by atoms with Crippen molar-refractivity contribution in [3.63, 3.8) is 0 Å². The number of carbonyl (C=O) groups is 1. The first-order valence-corrected chi connectivity index (χ1v) is 10.4. The van der Waals surface area contributed by atoms with E-state index in [1.54, 1.807) is 4.68 Å². The van der Waals surface area contributed by atoms with Crippen molar-refractivity contribution in [1.29, 1.82) is 0 Å². The van der Waals surface area contributed by atoms with Crippen LogP contribution in [0.4, 0.5) is 14.6 Å². The summed E-state index contributed by atoms with van der Waals surface area (Å²) in [6, 6.07) is -1.01. The van der Waals surface area contributed by atoms with Gasteiger partial charge in [-0.3, -0.25) is 4.79 Å². The molecule has 0 aliphatic carbocycles. The second-order valence-corrected chi connectivity index (χ2v) is 7.50. The average molecular weight is 438 g/mol. The van der Waals surface area contributed by atoms with Gasteiger partial charge < -0.3 is 20.1 Å². The minimum Gasteiger partial charge on any atom is -0.396 e. The lowest BCUT2D eigenvalue weighted by Gasteiger charge is -2.31. The number of hydrogen-bond acceptors (Lipinski definition) is 7. The maximum atomic E-state index is 13.5. The number of ether oxygens (including phenoxy) is 1. The zero-order valence-electron chi connectivity index (χ0n) is 17.1.